The van der Waals surface area contributed by atoms with Crippen LogP contribution in [0.4, 0.5) is 4.79 Å². The van der Waals surface area contributed by atoms with Gasteiger partial charge in [-0.1, -0.05) is 6.92 Å². The Bertz CT molecular complexity index is 510. The van der Waals surface area contributed by atoms with E-state index in [4.69, 9.17) is 15.2 Å². The van der Waals surface area contributed by atoms with Crippen molar-refractivity contribution in [2.24, 2.45) is 0 Å². The second-order valence-electron chi connectivity index (χ2n) is 3.99. The number of aromatic nitrogens is 2. The van der Waals surface area contributed by atoms with Crippen LogP contribution in [0.1, 0.15) is 31.8 Å². The average Bonchev–Trinajstić information content (AvgIpc) is 2.71. The molecular formula is C12H17IN4O3. The van der Waals surface area contributed by atoms with Crippen LogP contribution >= 0.6 is 22.6 Å². The van der Waals surface area contributed by atoms with Crippen LogP contribution in [0, 0.1) is 15.0 Å². The van der Waals surface area contributed by atoms with Crippen molar-refractivity contribution in [3.8, 4) is 6.07 Å². The molecule has 0 aliphatic rings. The first-order chi connectivity index (χ1) is 9.54. The van der Waals surface area contributed by atoms with E-state index in [1.807, 2.05) is 11.5 Å². The second kappa shape index (κ2) is 8.06. The van der Waals surface area contributed by atoms with Crippen molar-refractivity contribution in [2.45, 2.75) is 33.2 Å². The first-order valence-electron chi connectivity index (χ1n) is 6.33. The number of hydrogen-bond acceptors (Lipinski definition) is 4. The Balaban J connectivity index is 2.74. The van der Waals surface area contributed by atoms with E-state index < -0.39 is 6.09 Å². The van der Waals surface area contributed by atoms with Gasteiger partial charge in [0.25, 0.3) is 0 Å². The zero-order chi connectivity index (χ0) is 15.1. The molecule has 0 saturated heterocycles. The summed E-state index contributed by atoms with van der Waals surface area (Å²) in [6.07, 6.45) is 0.586. The Labute approximate surface area is 131 Å². The third kappa shape index (κ3) is 4.08. The summed E-state index contributed by atoms with van der Waals surface area (Å²) in [7, 11) is 0. The van der Waals surface area contributed by atoms with Gasteiger partial charge in [0.15, 0.2) is 5.69 Å². The maximum Gasteiger partial charge on any atom is 0.431 e. The zero-order valence-electron chi connectivity index (χ0n) is 11.5. The Morgan fingerprint density at radius 2 is 2.30 bits per heavy atom. The molecule has 110 valence electrons. The predicted molar refractivity (Wildman–Crippen MR) is 80.0 cm³/mol. The lowest BCUT2D eigenvalue weighted by Crippen LogP contribution is -2.30. The van der Waals surface area contributed by atoms with Crippen LogP contribution in [0.2, 0.25) is 0 Å². The van der Waals surface area contributed by atoms with E-state index in [1.165, 1.54) is 0 Å². The highest BCUT2D eigenvalue weighted by molar-refractivity contribution is 14.1. The van der Waals surface area contributed by atoms with Gasteiger partial charge in [0.05, 0.1) is 13.2 Å². The van der Waals surface area contributed by atoms with Crippen molar-refractivity contribution >= 4 is 28.7 Å². The first kappa shape index (κ1) is 16.7. The van der Waals surface area contributed by atoms with Crippen molar-refractivity contribution in [1.29, 1.82) is 5.26 Å². The number of hydrogen-bond donors (Lipinski definition) is 1. The lowest BCUT2D eigenvalue weighted by molar-refractivity contribution is -0.130. The van der Waals surface area contributed by atoms with Crippen LogP contribution < -0.4 is 0 Å². The summed E-state index contributed by atoms with van der Waals surface area (Å²) in [5.41, 5.74) is 0.402. The Morgan fingerprint density at radius 1 is 1.60 bits per heavy atom. The van der Waals surface area contributed by atoms with E-state index in [0.29, 0.717) is 12.2 Å². The molecule has 1 rings (SSSR count). The SMILES string of the molecule is CCCc1nc(C#N)c(I)n1CCON(CC)C(=O)O. The van der Waals surface area contributed by atoms with Gasteiger partial charge in [-0.2, -0.15) is 10.3 Å². The monoisotopic (exact) mass is 392 g/mol. The van der Waals surface area contributed by atoms with Crippen LogP contribution in [0.5, 0.6) is 0 Å². The third-order valence-electron chi connectivity index (χ3n) is 2.63. The minimum atomic E-state index is -1.11. The second-order valence-corrected chi connectivity index (χ2v) is 5.01. The Morgan fingerprint density at radius 3 is 2.80 bits per heavy atom. The number of imidazole rings is 1. The van der Waals surface area contributed by atoms with Gasteiger partial charge in [-0.05, 0) is 35.9 Å². The highest BCUT2D eigenvalue weighted by atomic mass is 127. The summed E-state index contributed by atoms with van der Waals surface area (Å²) < 4.78 is 2.66. The van der Waals surface area contributed by atoms with E-state index in [1.54, 1.807) is 6.92 Å². The van der Waals surface area contributed by atoms with Crippen molar-refractivity contribution in [2.75, 3.05) is 13.2 Å². The summed E-state index contributed by atoms with van der Waals surface area (Å²) >= 11 is 2.07. The van der Waals surface area contributed by atoms with Crippen LogP contribution in [-0.4, -0.2) is 39.0 Å². The number of carbonyl (C=O) groups is 1. The van der Waals surface area contributed by atoms with Crippen molar-refractivity contribution < 1.29 is 14.7 Å². The van der Waals surface area contributed by atoms with Crippen molar-refractivity contribution in [3.05, 3.63) is 15.2 Å². The van der Waals surface area contributed by atoms with Gasteiger partial charge in [0.2, 0.25) is 0 Å². The molecule has 0 radical (unpaired) electrons. The molecule has 0 unspecified atom stereocenters. The smallest absolute Gasteiger partial charge is 0.431 e. The number of carboxylic acid groups (broad SMARTS) is 1. The summed E-state index contributed by atoms with van der Waals surface area (Å²) in [4.78, 5) is 20.3. The number of aryl methyl sites for hydroxylation is 1. The molecule has 7 nitrogen and oxygen atoms in total. The van der Waals surface area contributed by atoms with Crippen LogP contribution in [0.25, 0.3) is 0 Å². The number of amides is 1. The standard InChI is InChI=1S/C12H17IN4O3/c1-3-5-10-15-9(8-14)11(13)16(10)6-7-20-17(4-2)12(18)19/h3-7H2,1-2H3,(H,18,19). The van der Waals surface area contributed by atoms with Gasteiger partial charge in [-0.25, -0.2) is 9.78 Å². The number of nitriles is 1. The van der Waals surface area contributed by atoms with Gasteiger partial charge in [-0.3, -0.25) is 4.84 Å². The maximum absolute atomic E-state index is 10.8. The quantitative estimate of drug-likeness (QED) is 0.568. The Hall–Kier alpha value is -1.34. The summed E-state index contributed by atoms with van der Waals surface area (Å²) in [5.74, 6) is 0.829. The highest BCUT2D eigenvalue weighted by Gasteiger charge is 2.15. The lowest BCUT2D eigenvalue weighted by atomic mass is 10.3. The molecule has 1 heterocycles. The van der Waals surface area contributed by atoms with Gasteiger partial charge in [-0.15, -0.1) is 0 Å². The molecule has 1 aromatic heterocycles. The van der Waals surface area contributed by atoms with Gasteiger partial charge >= 0.3 is 6.09 Å². The van der Waals surface area contributed by atoms with Gasteiger partial charge in [0.1, 0.15) is 15.6 Å². The number of nitrogens with zero attached hydrogens (tertiary/aromatic N) is 4. The fourth-order valence-corrected chi connectivity index (χ4v) is 2.47. The number of rotatable bonds is 7. The number of hydroxylamine groups is 2. The Kier molecular flexibility index (Phi) is 6.74. The molecule has 1 amide bonds. The summed E-state index contributed by atoms with van der Waals surface area (Å²) in [6.45, 7) is 4.69. The van der Waals surface area contributed by atoms with E-state index >= 15 is 0 Å². The fraction of sp³-hybridized carbons (Fsp3) is 0.583. The van der Waals surface area contributed by atoms with Gasteiger partial charge in [0, 0.05) is 13.0 Å². The summed E-state index contributed by atoms with van der Waals surface area (Å²) in [5, 5.41) is 18.7. The van der Waals surface area contributed by atoms with Crippen molar-refractivity contribution in [1.82, 2.24) is 14.6 Å². The molecule has 0 aliphatic heterocycles. The molecule has 0 bridgehead atoms. The normalized spacial score (nSPS) is 10.3. The maximum atomic E-state index is 10.8. The molecular weight excluding hydrogens is 375 g/mol. The zero-order valence-corrected chi connectivity index (χ0v) is 13.6. The largest absolute Gasteiger partial charge is 0.463 e. The molecule has 0 spiro atoms. The van der Waals surface area contributed by atoms with Crippen molar-refractivity contribution in [3.63, 3.8) is 0 Å². The van der Waals surface area contributed by atoms with E-state index in [0.717, 1.165) is 27.4 Å². The summed E-state index contributed by atoms with van der Waals surface area (Å²) in [6, 6.07) is 2.06. The molecule has 0 aliphatic carbocycles. The van der Waals surface area contributed by atoms with E-state index in [2.05, 4.69) is 33.6 Å². The lowest BCUT2D eigenvalue weighted by Gasteiger charge is -2.17. The van der Waals surface area contributed by atoms with Crippen LogP contribution in [-0.2, 0) is 17.8 Å². The third-order valence-corrected chi connectivity index (χ3v) is 3.72. The van der Waals surface area contributed by atoms with Gasteiger partial charge < -0.3 is 9.67 Å². The molecule has 1 aromatic rings. The van der Waals surface area contributed by atoms with Crippen LogP contribution in [0.15, 0.2) is 0 Å². The molecule has 20 heavy (non-hydrogen) atoms. The average molecular weight is 392 g/mol. The molecule has 0 atom stereocenters. The molecule has 0 saturated carbocycles. The molecule has 1 N–H and O–H groups in total. The minimum absolute atomic E-state index is 0.216. The topological polar surface area (TPSA) is 91.4 Å². The minimum Gasteiger partial charge on any atom is -0.463 e. The molecule has 0 aromatic carbocycles. The van der Waals surface area contributed by atoms with E-state index in [-0.39, 0.29) is 13.2 Å². The van der Waals surface area contributed by atoms with E-state index in [9.17, 15) is 4.79 Å². The highest BCUT2D eigenvalue weighted by Crippen LogP contribution is 2.15. The number of halogens is 1. The van der Waals surface area contributed by atoms with Crippen LogP contribution in [0.3, 0.4) is 0 Å². The predicted octanol–water partition coefficient (Wildman–Crippen LogP) is 2.24. The first-order valence-corrected chi connectivity index (χ1v) is 7.41. The molecule has 8 heteroatoms. The molecule has 0 fully saturated rings. The fourth-order valence-electron chi connectivity index (χ4n) is 1.71.